The van der Waals surface area contributed by atoms with E-state index in [2.05, 4.69) is 24.1 Å². The highest BCUT2D eigenvalue weighted by atomic mass is 19.1. The minimum absolute atomic E-state index is 0.0253. The summed E-state index contributed by atoms with van der Waals surface area (Å²) in [6.45, 7) is 5.66. The molecule has 1 rings (SSSR count). The first-order valence-electron chi connectivity index (χ1n) is 6.76. The molecule has 4 nitrogen and oxygen atoms in total. The average molecular weight is 284 g/mol. The van der Waals surface area contributed by atoms with Crippen LogP contribution in [0.15, 0.2) is 24.3 Å². The first kappa shape index (κ1) is 16.9. The summed E-state index contributed by atoms with van der Waals surface area (Å²) >= 11 is 0. The van der Waals surface area contributed by atoms with Gasteiger partial charge in [0.25, 0.3) is 0 Å². The van der Waals surface area contributed by atoms with E-state index in [9.17, 15) is 9.50 Å². The van der Waals surface area contributed by atoms with Crippen LogP contribution in [0.1, 0.15) is 13.8 Å². The Balaban J connectivity index is 2.24. The van der Waals surface area contributed by atoms with Gasteiger partial charge in [0, 0.05) is 18.6 Å². The average Bonchev–Trinajstić information content (AvgIpc) is 2.37. The highest BCUT2D eigenvalue weighted by molar-refractivity contribution is 5.22. The summed E-state index contributed by atoms with van der Waals surface area (Å²) in [6.07, 6.45) is -0.599. The minimum atomic E-state index is -0.599. The van der Waals surface area contributed by atoms with E-state index in [4.69, 9.17) is 4.74 Å². The van der Waals surface area contributed by atoms with Gasteiger partial charge in [-0.1, -0.05) is 0 Å². The standard InChI is InChI=1S/C15H25FN2O2/c1-15(2,18(3)4)11-17-9-13(19)10-20-14-7-5-12(16)6-8-14/h5-8,13,17,19H,9-11H2,1-4H3. The summed E-state index contributed by atoms with van der Waals surface area (Å²) in [7, 11) is 4.05. The van der Waals surface area contributed by atoms with E-state index in [1.165, 1.54) is 12.1 Å². The van der Waals surface area contributed by atoms with Crippen LogP contribution in [-0.4, -0.2) is 55.4 Å². The van der Waals surface area contributed by atoms with Crippen LogP contribution in [0.2, 0.25) is 0 Å². The summed E-state index contributed by atoms with van der Waals surface area (Å²) in [6, 6.07) is 5.76. The second-order valence-corrected chi connectivity index (χ2v) is 5.76. The van der Waals surface area contributed by atoms with Gasteiger partial charge in [-0.05, 0) is 52.2 Å². The van der Waals surface area contributed by atoms with Crippen LogP contribution in [0.25, 0.3) is 0 Å². The molecule has 0 bridgehead atoms. The van der Waals surface area contributed by atoms with Gasteiger partial charge in [0.2, 0.25) is 0 Å². The Morgan fingerprint density at radius 3 is 2.45 bits per heavy atom. The molecule has 20 heavy (non-hydrogen) atoms. The molecule has 0 amide bonds. The number of ether oxygens (including phenoxy) is 1. The Labute approximate surface area is 120 Å². The highest BCUT2D eigenvalue weighted by Crippen LogP contribution is 2.11. The lowest BCUT2D eigenvalue weighted by Gasteiger charge is -2.33. The van der Waals surface area contributed by atoms with E-state index in [1.807, 2.05) is 14.1 Å². The van der Waals surface area contributed by atoms with E-state index >= 15 is 0 Å². The fourth-order valence-corrected chi connectivity index (χ4v) is 1.48. The minimum Gasteiger partial charge on any atom is -0.491 e. The van der Waals surface area contributed by atoms with E-state index in [0.717, 1.165) is 6.54 Å². The maximum Gasteiger partial charge on any atom is 0.123 e. The molecule has 0 aliphatic carbocycles. The van der Waals surface area contributed by atoms with E-state index in [-0.39, 0.29) is 18.0 Å². The van der Waals surface area contributed by atoms with Crippen molar-refractivity contribution in [1.29, 1.82) is 0 Å². The molecular formula is C15H25FN2O2. The fraction of sp³-hybridized carbons (Fsp3) is 0.600. The maximum absolute atomic E-state index is 12.7. The van der Waals surface area contributed by atoms with Gasteiger partial charge in [0.1, 0.15) is 24.3 Å². The van der Waals surface area contributed by atoms with Crippen LogP contribution in [0, 0.1) is 5.82 Å². The van der Waals surface area contributed by atoms with Crippen molar-refractivity contribution in [3.8, 4) is 5.75 Å². The summed E-state index contributed by atoms with van der Waals surface area (Å²) in [4.78, 5) is 2.13. The number of nitrogens with zero attached hydrogens (tertiary/aromatic N) is 1. The van der Waals surface area contributed by atoms with Crippen LogP contribution < -0.4 is 10.1 Å². The normalized spacial score (nSPS) is 13.6. The Kier molecular flexibility index (Phi) is 6.39. The van der Waals surface area contributed by atoms with Crippen molar-refractivity contribution in [2.24, 2.45) is 0 Å². The SMILES string of the molecule is CN(C)C(C)(C)CNCC(O)COc1ccc(F)cc1. The van der Waals surface area contributed by atoms with E-state index in [0.29, 0.717) is 12.3 Å². The zero-order valence-corrected chi connectivity index (χ0v) is 12.7. The van der Waals surface area contributed by atoms with Gasteiger partial charge >= 0.3 is 0 Å². The van der Waals surface area contributed by atoms with Gasteiger partial charge in [-0.25, -0.2) is 4.39 Å². The van der Waals surface area contributed by atoms with Gasteiger partial charge < -0.3 is 20.1 Å². The molecule has 0 aromatic heterocycles. The molecule has 0 spiro atoms. The lowest BCUT2D eigenvalue weighted by atomic mass is 10.0. The molecule has 114 valence electrons. The molecule has 0 radical (unpaired) electrons. The topological polar surface area (TPSA) is 44.7 Å². The van der Waals surface area contributed by atoms with Crippen molar-refractivity contribution in [3.05, 3.63) is 30.1 Å². The van der Waals surface area contributed by atoms with Crippen molar-refractivity contribution < 1.29 is 14.2 Å². The third-order valence-corrected chi connectivity index (χ3v) is 3.40. The van der Waals surface area contributed by atoms with E-state index in [1.54, 1.807) is 12.1 Å². The first-order chi connectivity index (χ1) is 9.31. The molecule has 0 saturated carbocycles. The molecule has 1 unspecified atom stereocenters. The zero-order valence-electron chi connectivity index (χ0n) is 12.7. The molecule has 1 aromatic rings. The molecule has 0 aliphatic rings. The third-order valence-electron chi connectivity index (χ3n) is 3.40. The summed E-state index contributed by atoms with van der Waals surface area (Å²) in [5.41, 5.74) is 0.0253. The zero-order chi connectivity index (χ0) is 15.2. The predicted octanol–water partition coefficient (Wildman–Crippen LogP) is 1.50. The van der Waals surface area contributed by atoms with Gasteiger partial charge in [0.15, 0.2) is 0 Å². The van der Waals surface area contributed by atoms with Gasteiger partial charge in [0.05, 0.1) is 0 Å². The van der Waals surface area contributed by atoms with Crippen molar-refractivity contribution in [3.63, 3.8) is 0 Å². The van der Waals surface area contributed by atoms with Crippen molar-refractivity contribution >= 4 is 0 Å². The number of hydrogen-bond donors (Lipinski definition) is 2. The van der Waals surface area contributed by atoms with Crippen LogP contribution >= 0.6 is 0 Å². The Morgan fingerprint density at radius 2 is 1.90 bits per heavy atom. The van der Waals surface area contributed by atoms with Gasteiger partial charge in [-0.2, -0.15) is 0 Å². The lowest BCUT2D eigenvalue weighted by Crippen LogP contribution is -2.48. The van der Waals surface area contributed by atoms with Crippen LogP contribution in [-0.2, 0) is 0 Å². The summed E-state index contributed by atoms with van der Waals surface area (Å²) < 4.78 is 18.1. The maximum atomic E-state index is 12.7. The van der Waals surface area contributed by atoms with Crippen molar-refractivity contribution in [1.82, 2.24) is 10.2 Å². The van der Waals surface area contributed by atoms with Crippen LogP contribution in [0.4, 0.5) is 4.39 Å². The van der Waals surface area contributed by atoms with Crippen LogP contribution in [0.5, 0.6) is 5.75 Å². The molecule has 1 aromatic carbocycles. The number of aliphatic hydroxyl groups is 1. The number of benzene rings is 1. The quantitative estimate of drug-likeness (QED) is 0.759. The monoisotopic (exact) mass is 284 g/mol. The molecule has 5 heteroatoms. The molecular weight excluding hydrogens is 259 g/mol. The Hall–Kier alpha value is -1.17. The molecule has 1 atom stereocenters. The van der Waals surface area contributed by atoms with Crippen molar-refractivity contribution in [2.45, 2.75) is 25.5 Å². The lowest BCUT2D eigenvalue weighted by molar-refractivity contribution is 0.100. The molecule has 2 N–H and O–H groups in total. The molecule has 0 saturated heterocycles. The largest absolute Gasteiger partial charge is 0.491 e. The number of nitrogens with one attached hydrogen (secondary N) is 1. The molecule has 0 aliphatic heterocycles. The number of rotatable bonds is 8. The number of likely N-dealkylation sites (N-methyl/N-ethyl adjacent to an activating group) is 1. The molecule has 0 heterocycles. The third kappa shape index (κ3) is 5.86. The Bertz CT molecular complexity index is 393. The smallest absolute Gasteiger partial charge is 0.123 e. The van der Waals surface area contributed by atoms with Crippen LogP contribution in [0.3, 0.4) is 0 Å². The number of hydrogen-bond acceptors (Lipinski definition) is 4. The fourth-order valence-electron chi connectivity index (χ4n) is 1.48. The second kappa shape index (κ2) is 7.57. The van der Waals surface area contributed by atoms with Gasteiger partial charge in [-0.15, -0.1) is 0 Å². The Morgan fingerprint density at radius 1 is 1.30 bits per heavy atom. The molecule has 0 fully saturated rings. The second-order valence-electron chi connectivity index (χ2n) is 5.76. The number of aliphatic hydroxyl groups excluding tert-OH is 1. The van der Waals surface area contributed by atoms with E-state index < -0.39 is 6.10 Å². The summed E-state index contributed by atoms with van der Waals surface area (Å²) in [5, 5.41) is 13.0. The summed E-state index contributed by atoms with van der Waals surface area (Å²) in [5.74, 6) is 0.254. The first-order valence-corrected chi connectivity index (χ1v) is 6.76. The predicted molar refractivity (Wildman–Crippen MR) is 78.5 cm³/mol. The highest BCUT2D eigenvalue weighted by Gasteiger charge is 2.20. The van der Waals surface area contributed by atoms with Gasteiger partial charge in [-0.3, -0.25) is 0 Å². The van der Waals surface area contributed by atoms with Crippen molar-refractivity contribution in [2.75, 3.05) is 33.8 Å². The number of halogens is 1.